The molecule has 0 spiro atoms. The monoisotopic (exact) mass is 540 g/mol. The summed E-state index contributed by atoms with van der Waals surface area (Å²) in [5, 5.41) is 11.6. The summed E-state index contributed by atoms with van der Waals surface area (Å²) in [5.74, 6) is 0.406. The average Bonchev–Trinajstić information content (AvgIpc) is 3.39. The van der Waals surface area contributed by atoms with Crippen LogP contribution < -0.4 is 15.0 Å². The van der Waals surface area contributed by atoms with Crippen LogP contribution in [0.3, 0.4) is 0 Å². The molecule has 3 aromatic carbocycles. The maximum atomic E-state index is 14.2. The van der Waals surface area contributed by atoms with Crippen LogP contribution in [-0.2, 0) is 22.7 Å². The Hall–Kier alpha value is -4.40. The highest BCUT2D eigenvalue weighted by atomic mass is 16.5. The molecule has 0 bridgehead atoms. The SMILES string of the molecule is COc1ccc(CN(C(=O)Cn2nnc3ccccc32)C2(C(=O)Nc3ccc(N(C)C)cc3)CCCCC2)cc1. The molecule has 40 heavy (non-hydrogen) atoms. The summed E-state index contributed by atoms with van der Waals surface area (Å²) in [6.07, 6.45) is 3.95. The van der Waals surface area contributed by atoms with Crippen LogP contribution in [0.1, 0.15) is 37.7 Å². The van der Waals surface area contributed by atoms with Gasteiger partial charge in [-0.25, -0.2) is 4.68 Å². The summed E-state index contributed by atoms with van der Waals surface area (Å²) in [6, 6.07) is 23.0. The standard InChI is InChI=1S/C31H36N6O3/c1-35(2)25-15-13-24(14-16-25)32-30(39)31(19-7-4-8-20-31)36(21-23-11-17-26(40-3)18-12-23)29(38)22-37-28-10-6-5-9-27(28)33-34-37/h5-6,9-18H,4,7-8,19-22H2,1-3H3,(H,32,39). The topological polar surface area (TPSA) is 92.6 Å². The molecule has 0 atom stereocenters. The number of rotatable bonds is 9. The van der Waals surface area contributed by atoms with E-state index in [-0.39, 0.29) is 18.4 Å². The number of anilines is 2. The van der Waals surface area contributed by atoms with Crippen molar-refractivity contribution in [1.29, 1.82) is 0 Å². The molecule has 1 heterocycles. The van der Waals surface area contributed by atoms with Gasteiger partial charge in [0.2, 0.25) is 11.8 Å². The fourth-order valence-corrected chi connectivity index (χ4v) is 5.49. The number of fused-ring (bicyclic) bond motifs is 1. The van der Waals surface area contributed by atoms with E-state index in [2.05, 4.69) is 15.6 Å². The number of carbonyl (C=O) groups is 2. The van der Waals surface area contributed by atoms with E-state index in [1.165, 1.54) is 0 Å². The lowest BCUT2D eigenvalue weighted by Crippen LogP contribution is -2.60. The van der Waals surface area contributed by atoms with E-state index in [0.717, 1.165) is 47.3 Å². The zero-order chi connectivity index (χ0) is 28.1. The first kappa shape index (κ1) is 27.2. The first-order chi connectivity index (χ1) is 19.4. The third kappa shape index (κ3) is 5.64. The van der Waals surface area contributed by atoms with Crippen molar-refractivity contribution >= 4 is 34.2 Å². The smallest absolute Gasteiger partial charge is 0.250 e. The average molecular weight is 541 g/mol. The van der Waals surface area contributed by atoms with Crippen molar-refractivity contribution in [2.75, 3.05) is 31.4 Å². The Labute approximate surface area is 234 Å². The lowest BCUT2D eigenvalue weighted by atomic mass is 9.78. The van der Waals surface area contributed by atoms with Gasteiger partial charge < -0.3 is 19.9 Å². The fourth-order valence-electron chi connectivity index (χ4n) is 5.49. The van der Waals surface area contributed by atoms with E-state index in [0.29, 0.717) is 25.1 Å². The number of ether oxygens (including phenoxy) is 1. The second-order valence-corrected chi connectivity index (χ2v) is 10.6. The second kappa shape index (κ2) is 11.8. The molecule has 9 nitrogen and oxygen atoms in total. The maximum absolute atomic E-state index is 14.2. The van der Waals surface area contributed by atoms with E-state index in [9.17, 15) is 9.59 Å². The van der Waals surface area contributed by atoms with E-state index in [1.54, 1.807) is 16.7 Å². The van der Waals surface area contributed by atoms with E-state index in [4.69, 9.17) is 4.74 Å². The highest BCUT2D eigenvalue weighted by molar-refractivity contribution is 6.00. The first-order valence-corrected chi connectivity index (χ1v) is 13.7. The van der Waals surface area contributed by atoms with Crippen LogP contribution in [-0.4, -0.2) is 58.5 Å². The molecule has 0 aliphatic heterocycles. The van der Waals surface area contributed by atoms with Crippen LogP contribution in [0.2, 0.25) is 0 Å². The highest BCUT2D eigenvalue weighted by Gasteiger charge is 2.47. The van der Waals surface area contributed by atoms with Gasteiger partial charge in [0.25, 0.3) is 0 Å². The molecule has 1 N–H and O–H groups in total. The number of hydrogen-bond acceptors (Lipinski definition) is 6. The van der Waals surface area contributed by atoms with Crippen LogP contribution >= 0.6 is 0 Å². The van der Waals surface area contributed by atoms with Crippen LogP contribution in [0.15, 0.2) is 72.8 Å². The van der Waals surface area contributed by atoms with Crippen molar-refractivity contribution < 1.29 is 14.3 Å². The van der Waals surface area contributed by atoms with Crippen molar-refractivity contribution in [3.05, 3.63) is 78.4 Å². The second-order valence-electron chi connectivity index (χ2n) is 10.6. The quantitative estimate of drug-likeness (QED) is 0.325. The van der Waals surface area contributed by atoms with Crippen molar-refractivity contribution in [2.45, 2.75) is 50.7 Å². The fraction of sp³-hybridized carbons (Fsp3) is 0.355. The molecular weight excluding hydrogens is 504 g/mol. The summed E-state index contributed by atoms with van der Waals surface area (Å²) in [5.41, 5.74) is 3.19. The number of aromatic nitrogens is 3. The molecule has 4 aromatic rings. The molecule has 0 saturated heterocycles. The molecule has 1 aliphatic rings. The number of methoxy groups -OCH3 is 1. The Kier molecular flexibility index (Phi) is 8.00. The third-order valence-corrected chi connectivity index (χ3v) is 7.77. The van der Waals surface area contributed by atoms with Gasteiger partial charge in [-0.15, -0.1) is 5.10 Å². The summed E-state index contributed by atoms with van der Waals surface area (Å²) in [4.78, 5) is 32.2. The van der Waals surface area contributed by atoms with E-state index >= 15 is 0 Å². The Balaban J connectivity index is 1.49. The van der Waals surface area contributed by atoms with Gasteiger partial charge in [0.05, 0.1) is 12.6 Å². The molecule has 5 rings (SSSR count). The Morgan fingerprint density at radius 1 is 0.950 bits per heavy atom. The summed E-state index contributed by atoms with van der Waals surface area (Å²) in [7, 11) is 5.58. The van der Waals surface area contributed by atoms with Gasteiger partial charge in [0, 0.05) is 32.0 Å². The maximum Gasteiger partial charge on any atom is 0.250 e. The minimum atomic E-state index is -0.994. The predicted octanol–water partition coefficient (Wildman–Crippen LogP) is 4.88. The number of nitrogens with one attached hydrogen (secondary N) is 1. The summed E-state index contributed by atoms with van der Waals surface area (Å²) >= 11 is 0. The summed E-state index contributed by atoms with van der Waals surface area (Å²) in [6.45, 7) is 0.283. The predicted molar refractivity (Wildman–Crippen MR) is 156 cm³/mol. The van der Waals surface area contributed by atoms with Crippen molar-refractivity contribution in [3.63, 3.8) is 0 Å². The molecule has 1 aliphatic carbocycles. The Morgan fingerprint density at radius 2 is 1.65 bits per heavy atom. The summed E-state index contributed by atoms with van der Waals surface area (Å²) < 4.78 is 6.95. The largest absolute Gasteiger partial charge is 0.497 e. The Bertz CT molecular complexity index is 1460. The van der Waals surface area contributed by atoms with Gasteiger partial charge in [0.15, 0.2) is 0 Å². The molecule has 0 unspecified atom stereocenters. The van der Waals surface area contributed by atoms with Gasteiger partial charge in [-0.1, -0.05) is 48.7 Å². The molecule has 1 aromatic heterocycles. The molecule has 9 heteroatoms. The number of amides is 2. The highest BCUT2D eigenvalue weighted by Crippen LogP contribution is 2.37. The van der Waals surface area contributed by atoms with E-state index < -0.39 is 5.54 Å². The van der Waals surface area contributed by atoms with Crippen LogP contribution in [0.4, 0.5) is 11.4 Å². The Morgan fingerprint density at radius 3 is 2.33 bits per heavy atom. The normalized spacial score (nSPS) is 14.5. The number of nitrogens with zero attached hydrogens (tertiary/aromatic N) is 5. The van der Waals surface area contributed by atoms with Crippen molar-refractivity contribution in [1.82, 2.24) is 19.9 Å². The zero-order valence-electron chi connectivity index (χ0n) is 23.3. The van der Waals surface area contributed by atoms with Crippen molar-refractivity contribution in [3.8, 4) is 5.75 Å². The van der Waals surface area contributed by atoms with Crippen molar-refractivity contribution in [2.24, 2.45) is 0 Å². The molecular formula is C31H36N6O3. The molecule has 1 saturated carbocycles. The lowest BCUT2D eigenvalue weighted by molar-refractivity contribution is -0.149. The van der Waals surface area contributed by atoms with Gasteiger partial charge in [-0.05, 0) is 66.9 Å². The number of para-hydroxylation sites is 1. The molecule has 2 amide bonds. The van der Waals surface area contributed by atoms with E-state index in [1.807, 2.05) is 91.8 Å². The number of benzene rings is 3. The van der Waals surface area contributed by atoms with Crippen LogP contribution in [0.5, 0.6) is 5.75 Å². The number of hydrogen-bond donors (Lipinski definition) is 1. The molecule has 1 fully saturated rings. The first-order valence-electron chi connectivity index (χ1n) is 13.7. The zero-order valence-corrected chi connectivity index (χ0v) is 23.3. The van der Waals surface area contributed by atoms with Gasteiger partial charge in [-0.3, -0.25) is 9.59 Å². The van der Waals surface area contributed by atoms with Crippen LogP contribution in [0.25, 0.3) is 11.0 Å². The van der Waals surface area contributed by atoms with Crippen LogP contribution in [0, 0.1) is 0 Å². The lowest BCUT2D eigenvalue weighted by Gasteiger charge is -2.45. The van der Waals surface area contributed by atoms with Gasteiger partial charge >= 0.3 is 0 Å². The third-order valence-electron chi connectivity index (χ3n) is 7.77. The minimum Gasteiger partial charge on any atom is -0.497 e. The van der Waals surface area contributed by atoms with Gasteiger partial charge in [-0.2, -0.15) is 0 Å². The van der Waals surface area contributed by atoms with Gasteiger partial charge in [0.1, 0.15) is 23.3 Å². The molecule has 0 radical (unpaired) electrons. The minimum absolute atomic E-state index is 0.0107. The molecule has 208 valence electrons. The number of carbonyl (C=O) groups excluding carboxylic acids is 2.